The summed E-state index contributed by atoms with van der Waals surface area (Å²) in [6.07, 6.45) is -1.94. The van der Waals surface area contributed by atoms with Crippen LogP contribution in [0.1, 0.15) is 60.9 Å². The lowest BCUT2D eigenvalue weighted by atomic mass is 10.0. The number of carboxylic acids is 1. The van der Waals surface area contributed by atoms with E-state index in [9.17, 15) is 22.8 Å². The van der Waals surface area contributed by atoms with Crippen molar-refractivity contribution in [3.63, 3.8) is 0 Å². The van der Waals surface area contributed by atoms with Crippen LogP contribution in [0.3, 0.4) is 0 Å². The SMILES string of the molecule is CCCCCC(=O)N[C@H](C(=O)NCc1ccc(C(=N)N)cc1)c1ccc(OCc2ccccc2)cc1.O=C(O)C(F)(F)F. The summed E-state index contributed by atoms with van der Waals surface area (Å²) in [5.74, 6) is -2.53. The van der Waals surface area contributed by atoms with Gasteiger partial charge >= 0.3 is 12.1 Å². The van der Waals surface area contributed by atoms with Crippen molar-refractivity contribution in [3.8, 4) is 5.75 Å². The van der Waals surface area contributed by atoms with Gasteiger partial charge in [-0.2, -0.15) is 13.2 Å². The first-order valence-electron chi connectivity index (χ1n) is 13.5. The molecule has 0 aliphatic carbocycles. The van der Waals surface area contributed by atoms with Gasteiger partial charge in [-0.1, -0.05) is 86.5 Å². The Morgan fingerprint density at radius 2 is 1.53 bits per heavy atom. The van der Waals surface area contributed by atoms with Gasteiger partial charge in [0.05, 0.1) is 0 Å². The van der Waals surface area contributed by atoms with Crippen molar-refractivity contribution < 1.29 is 37.4 Å². The third kappa shape index (κ3) is 12.7. The molecule has 3 aromatic rings. The Morgan fingerprint density at radius 3 is 2.07 bits per heavy atom. The number of nitrogen functional groups attached to an aromatic ring is 1. The van der Waals surface area contributed by atoms with Crippen molar-refractivity contribution in [2.24, 2.45) is 5.73 Å². The molecule has 0 spiro atoms. The molecule has 0 saturated heterocycles. The van der Waals surface area contributed by atoms with E-state index < -0.39 is 18.2 Å². The topological polar surface area (TPSA) is 155 Å². The lowest BCUT2D eigenvalue weighted by Gasteiger charge is -2.19. The Morgan fingerprint density at radius 1 is 0.930 bits per heavy atom. The molecule has 0 saturated carbocycles. The Labute approximate surface area is 247 Å². The summed E-state index contributed by atoms with van der Waals surface area (Å²) in [6.45, 7) is 2.82. The van der Waals surface area contributed by atoms with Crippen molar-refractivity contribution in [2.75, 3.05) is 0 Å². The number of ether oxygens (including phenoxy) is 1. The van der Waals surface area contributed by atoms with Crippen LogP contribution in [0, 0.1) is 5.41 Å². The highest BCUT2D eigenvalue weighted by molar-refractivity contribution is 5.95. The third-order valence-electron chi connectivity index (χ3n) is 6.01. The minimum atomic E-state index is -5.08. The number of nitrogens with one attached hydrogen (secondary N) is 3. The minimum Gasteiger partial charge on any atom is -0.489 e. The summed E-state index contributed by atoms with van der Waals surface area (Å²) in [4.78, 5) is 34.6. The molecule has 2 amide bonds. The molecule has 0 unspecified atom stereocenters. The van der Waals surface area contributed by atoms with Crippen molar-refractivity contribution in [1.29, 1.82) is 5.41 Å². The normalized spacial score (nSPS) is 11.3. The van der Waals surface area contributed by atoms with E-state index >= 15 is 0 Å². The Kier molecular flexibility index (Phi) is 13.7. The van der Waals surface area contributed by atoms with Gasteiger partial charge in [-0.15, -0.1) is 0 Å². The predicted molar refractivity (Wildman–Crippen MR) is 155 cm³/mol. The number of amidine groups is 1. The number of amides is 2. The number of unbranched alkanes of at least 4 members (excludes halogenated alkanes) is 2. The summed E-state index contributed by atoms with van der Waals surface area (Å²) in [5, 5.41) is 20.4. The number of rotatable bonds is 13. The Hall–Kier alpha value is -4.87. The molecule has 0 radical (unpaired) electrons. The standard InChI is InChI=1S/C29H34N4O3.C2HF3O2/c1-2-3-5-10-26(34)33-27(29(35)32-19-21-11-13-24(14-12-21)28(30)31)23-15-17-25(18-16-23)36-20-22-8-6-4-7-9-22;3-2(4,5)1(6)7/h4,6-9,11-18,27H,2-3,5,10,19-20H2,1H3,(H3,30,31)(H,32,35)(H,33,34);(H,6,7)/t27-;/m0./s1. The van der Waals surface area contributed by atoms with Crippen LogP contribution < -0.4 is 21.1 Å². The van der Waals surface area contributed by atoms with E-state index in [-0.39, 0.29) is 24.2 Å². The molecular formula is C31H35F3N4O5. The molecule has 3 aromatic carbocycles. The van der Waals surface area contributed by atoms with Gasteiger partial charge in [0.1, 0.15) is 24.2 Å². The highest BCUT2D eigenvalue weighted by Gasteiger charge is 2.38. The molecule has 1 atom stereocenters. The molecule has 0 heterocycles. The maximum atomic E-state index is 13.1. The highest BCUT2D eigenvalue weighted by Crippen LogP contribution is 2.20. The van der Waals surface area contributed by atoms with Gasteiger partial charge in [0.2, 0.25) is 11.8 Å². The summed E-state index contributed by atoms with van der Waals surface area (Å²) in [6, 6.07) is 23.4. The Balaban J connectivity index is 0.000000821. The van der Waals surface area contributed by atoms with Crippen LogP contribution in [0.2, 0.25) is 0 Å². The van der Waals surface area contributed by atoms with E-state index in [1.165, 1.54) is 0 Å². The van der Waals surface area contributed by atoms with Crippen molar-refractivity contribution >= 4 is 23.6 Å². The van der Waals surface area contributed by atoms with E-state index in [2.05, 4.69) is 17.6 Å². The first-order chi connectivity index (χ1) is 20.4. The number of hydrogen-bond acceptors (Lipinski definition) is 5. The largest absolute Gasteiger partial charge is 0.490 e. The van der Waals surface area contributed by atoms with Gasteiger partial charge in [-0.3, -0.25) is 15.0 Å². The van der Waals surface area contributed by atoms with Crippen molar-refractivity contribution in [3.05, 3.63) is 101 Å². The van der Waals surface area contributed by atoms with Gasteiger partial charge < -0.3 is 26.2 Å². The van der Waals surface area contributed by atoms with E-state index in [4.69, 9.17) is 25.8 Å². The fourth-order valence-corrected chi connectivity index (χ4v) is 3.66. The second kappa shape index (κ2) is 17.2. The summed E-state index contributed by atoms with van der Waals surface area (Å²) in [5.41, 5.74) is 8.73. The summed E-state index contributed by atoms with van der Waals surface area (Å²) in [7, 11) is 0. The molecule has 9 nitrogen and oxygen atoms in total. The van der Waals surface area contributed by atoms with Crippen molar-refractivity contribution in [1.82, 2.24) is 10.6 Å². The summed E-state index contributed by atoms with van der Waals surface area (Å²) < 4.78 is 37.6. The predicted octanol–water partition coefficient (Wildman–Crippen LogP) is 5.24. The molecule has 0 fully saturated rings. The number of nitrogens with two attached hydrogens (primary N) is 1. The fourth-order valence-electron chi connectivity index (χ4n) is 3.66. The van der Waals surface area contributed by atoms with Gasteiger partial charge in [-0.25, -0.2) is 4.79 Å². The van der Waals surface area contributed by atoms with Crippen LogP contribution in [0.5, 0.6) is 5.75 Å². The van der Waals surface area contributed by atoms with Crippen LogP contribution in [0.4, 0.5) is 13.2 Å². The number of carbonyl (C=O) groups is 3. The number of carboxylic acid groups (broad SMARTS) is 1. The zero-order valence-corrected chi connectivity index (χ0v) is 23.6. The fraction of sp³-hybridized carbons (Fsp3) is 0.290. The maximum absolute atomic E-state index is 13.1. The van der Waals surface area contributed by atoms with E-state index in [1.54, 1.807) is 24.3 Å². The van der Waals surface area contributed by atoms with E-state index in [0.29, 0.717) is 29.9 Å². The first kappa shape index (κ1) is 34.3. The monoisotopic (exact) mass is 600 g/mol. The lowest BCUT2D eigenvalue weighted by molar-refractivity contribution is -0.192. The van der Waals surface area contributed by atoms with Crippen LogP contribution in [-0.4, -0.2) is 34.9 Å². The smallest absolute Gasteiger partial charge is 0.489 e. The maximum Gasteiger partial charge on any atom is 0.490 e. The molecule has 0 aliphatic heterocycles. The van der Waals surface area contributed by atoms with Gasteiger partial charge in [-0.05, 0) is 35.2 Å². The molecule has 3 rings (SSSR count). The number of aliphatic carboxylic acids is 1. The van der Waals surface area contributed by atoms with Crippen LogP contribution in [0.25, 0.3) is 0 Å². The lowest BCUT2D eigenvalue weighted by Crippen LogP contribution is -2.40. The number of halogens is 3. The average molecular weight is 601 g/mol. The van der Waals surface area contributed by atoms with Gasteiger partial charge in [0, 0.05) is 18.5 Å². The molecule has 12 heteroatoms. The second-order valence-corrected chi connectivity index (χ2v) is 9.43. The van der Waals surface area contributed by atoms with E-state index in [1.807, 2.05) is 54.6 Å². The van der Waals surface area contributed by atoms with E-state index in [0.717, 1.165) is 30.4 Å². The number of hydrogen-bond donors (Lipinski definition) is 5. The van der Waals surface area contributed by atoms with Crippen LogP contribution in [-0.2, 0) is 27.5 Å². The van der Waals surface area contributed by atoms with Crippen LogP contribution in [0.15, 0.2) is 78.9 Å². The third-order valence-corrected chi connectivity index (χ3v) is 6.01. The Bertz CT molecular complexity index is 1330. The molecular weight excluding hydrogens is 565 g/mol. The molecule has 0 aliphatic rings. The minimum absolute atomic E-state index is 0.00682. The highest BCUT2D eigenvalue weighted by atomic mass is 19.4. The number of benzene rings is 3. The molecule has 6 N–H and O–H groups in total. The molecule has 0 aromatic heterocycles. The molecule has 0 bridgehead atoms. The molecule has 43 heavy (non-hydrogen) atoms. The average Bonchev–Trinajstić information content (AvgIpc) is 2.98. The zero-order valence-electron chi connectivity index (χ0n) is 23.6. The second-order valence-electron chi connectivity index (χ2n) is 9.43. The van der Waals surface area contributed by atoms with Gasteiger partial charge in [0.25, 0.3) is 0 Å². The first-order valence-corrected chi connectivity index (χ1v) is 13.5. The zero-order chi connectivity index (χ0) is 31.8. The van der Waals surface area contributed by atoms with Crippen molar-refractivity contribution in [2.45, 2.75) is 58.0 Å². The number of carbonyl (C=O) groups excluding carboxylic acids is 2. The number of alkyl halides is 3. The summed E-state index contributed by atoms with van der Waals surface area (Å²) >= 11 is 0. The molecule has 230 valence electrons. The van der Waals surface area contributed by atoms with Crippen LogP contribution >= 0.6 is 0 Å². The quantitative estimate of drug-likeness (QED) is 0.103. The van der Waals surface area contributed by atoms with Gasteiger partial charge in [0.15, 0.2) is 0 Å².